The lowest BCUT2D eigenvalue weighted by atomic mass is 9.65. The summed E-state index contributed by atoms with van der Waals surface area (Å²) in [5.74, 6) is 0.0731. The summed E-state index contributed by atoms with van der Waals surface area (Å²) in [5, 5.41) is 5.85. The Bertz CT molecular complexity index is 734. The summed E-state index contributed by atoms with van der Waals surface area (Å²) in [7, 11) is 0. The number of likely N-dealkylation sites (tertiary alicyclic amines) is 2. The zero-order chi connectivity index (χ0) is 21.0. The molecule has 0 aromatic carbocycles. The smallest absolute Gasteiger partial charge is 0.238 e. The van der Waals surface area contributed by atoms with Crippen molar-refractivity contribution in [3.63, 3.8) is 0 Å². The van der Waals surface area contributed by atoms with E-state index in [0.717, 1.165) is 32.1 Å². The molecule has 8 heteroatoms. The summed E-state index contributed by atoms with van der Waals surface area (Å²) in [5.41, 5.74) is -1.25. The molecule has 0 radical (unpaired) electrons. The molecule has 0 aromatic heterocycles. The minimum absolute atomic E-state index is 0.0302. The molecule has 5 aliphatic rings. The van der Waals surface area contributed by atoms with E-state index in [9.17, 15) is 19.2 Å². The molecule has 4 aliphatic heterocycles. The Morgan fingerprint density at radius 2 is 1.17 bits per heavy atom. The molecule has 0 bridgehead atoms. The van der Waals surface area contributed by atoms with Crippen molar-refractivity contribution in [2.75, 3.05) is 39.3 Å². The van der Waals surface area contributed by atoms with Crippen LogP contribution in [0, 0.1) is 16.2 Å². The maximum absolute atomic E-state index is 13.7. The Hall–Kier alpha value is -2.12. The fourth-order valence-electron chi connectivity index (χ4n) is 6.50. The molecule has 1 saturated carbocycles. The van der Waals surface area contributed by atoms with Crippen LogP contribution in [0.4, 0.5) is 0 Å². The number of piperidine rings is 2. The zero-order valence-electron chi connectivity index (χ0n) is 17.6. The number of nitrogens with one attached hydrogen (secondary N) is 2. The van der Waals surface area contributed by atoms with E-state index in [1.54, 1.807) is 0 Å². The van der Waals surface area contributed by atoms with Gasteiger partial charge in [-0.05, 0) is 38.5 Å². The van der Waals surface area contributed by atoms with E-state index >= 15 is 0 Å². The van der Waals surface area contributed by atoms with Crippen molar-refractivity contribution in [3.05, 3.63) is 0 Å². The molecular formula is C22H32N4O4. The average Bonchev–Trinajstić information content (AvgIpc) is 3.23. The molecule has 4 amide bonds. The van der Waals surface area contributed by atoms with Gasteiger partial charge >= 0.3 is 0 Å². The lowest BCUT2D eigenvalue weighted by molar-refractivity contribution is -0.167. The zero-order valence-corrected chi connectivity index (χ0v) is 17.6. The highest BCUT2D eigenvalue weighted by Gasteiger charge is 2.57. The second-order valence-electron chi connectivity index (χ2n) is 10.5. The predicted molar refractivity (Wildman–Crippen MR) is 108 cm³/mol. The quantitative estimate of drug-likeness (QED) is 0.637. The Labute approximate surface area is 177 Å². The van der Waals surface area contributed by atoms with Gasteiger partial charge in [0.2, 0.25) is 23.6 Å². The van der Waals surface area contributed by atoms with Crippen LogP contribution < -0.4 is 10.6 Å². The van der Waals surface area contributed by atoms with Crippen molar-refractivity contribution in [2.45, 2.75) is 57.8 Å². The van der Waals surface area contributed by atoms with Gasteiger partial charge in [0, 0.05) is 62.9 Å². The Balaban J connectivity index is 1.32. The van der Waals surface area contributed by atoms with Crippen molar-refractivity contribution < 1.29 is 19.2 Å². The van der Waals surface area contributed by atoms with Crippen molar-refractivity contribution in [1.82, 2.24) is 20.4 Å². The normalized spacial score (nSPS) is 35.3. The third-order valence-electron chi connectivity index (χ3n) is 8.32. The van der Waals surface area contributed by atoms with Crippen molar-refractivity contribution in [1.29, 1.82) is 0 Å². The van der Waals surface area contributed by atoms with Crippen LogP contribution in [0.2, 0.25) is 0 Å². The summed E-state index contributed by atoms with van der Waals surface area (Å²) in [6, 6.07) is 0. The molecule has 1 aliphatic carbocycles. The summed E-state index contributed by atoms with van der Waals surface area (Å²) in [4.78, 5) is 54.7. The summed E-state index contributed by atoms with van der Waals surface area (Å²) >= 11 is 0. The maximum Gasteiger partial charge on any atom is 0.238 e. The SMILES string of the molecule is O=C1CC2(CCCN(C(=O)C3(C(=O)N4CCCC5(CNC(=O)C5)C4)CCC3)C2)CN1. The van der Waals surface area contributed by atoms with Gasteiger partial charge in [-0.15, -0.1) is 0 Å². The second-order valence-corrected chi connectivity index (χ2v) is 10.5. The van der Waals surface area contributed by atoms with E-state index in [4.69, 9.17) is 0 Å². The van der Waals surface area contributed by atoms with Gasteiger partial charge in [-0.2, -0.15) is 0 Å². The average molecular weight is 417 g/mol. The fourth-order valence-corrected chi connectivity index (χ4v) is 6.50. The van der Waals surface area contributed by atoms with Gasteiger partial charge in [0.1, 0.15) is 5.41 Å². The summed E-state index contributed by atoms with van der Waals surface area (Å²) in [6.07, 6.45) is 6.75. The molecule has 4 saturated heterocycles. The summed E-state index contributed by atoms with van der Waals surface area (Å²) in [6.45, 7) is 3.75. The lowest BCUT2D eigenvalue weighted by Gasteiger charge is -2.49. The van der Waals surface area contributed by atoms with Crippen molar-refractivity contribution in [2.24, 2.45) is 16.2 Å². The van der Waals surface area contributed by atoms with Gasteiger partial charge in [0.25, 0.3) is 0 Å². The first-order valence-corrected chi connectivity index (χ1v) is 11.5. The van der Waals surface area contributed by atoms with Crippen molar-refractivity contribution in [3.8, 4) is 0 Å². The number of amides is 4. The molecule has 2 N–H and O–H groups in total. The van der Waals surface area contributed by atoms with Crippen LogP contribution in [-0.2, 0) is 19.2 Å². The highest BCUT2D eigenvalue weighted by molar-refractivity contribution is 6.06. The fraction of sp³-hybridized carbons (Fsp3) is 0.818. The van der Waals surface area contributed by atoms with E-state index in [1.165, 1.54) is 0 Å². The van der Waals surface area contributed by atoms with Crippen LogP contribution in [0.5, 0.6) is 0 Å². The van der Waals surface area contributed by atoms with Crippen LogP contribution in [-0.4, -0.2) is 72.7 Å². The number of hydrogen-bond donors (Lipinski definition) is 2. The Morgan fingerprint density at radius 3 is 1.50 bits per heavy atom. The number of hydrogen-bond acceptors (Lipinski definition) is 4. The molecule has 2 unspecified atom stereocenters. The summed E-state index contributed by atoms with van der Waals surface area (Å²) < 4.78 is 0. The van der Waals surface area contributed by atoms with Gasteiger partial charge < -0.3 is 20.4 Å². The van der Waals surface area contributed by atoms with Gasteiger partial charge in [-0.25, -0.2) is 0 Å². The Kier molecular flexibility index (Phi) is 4.59. The minimum atomic E-state index is -0.927. The number of carbonyl (C=O) groups excluding carboxylic acids is 4. The number of nitrogens with zero attached hydrogens (tertiary/aromatic N) is 2. The molecule has 164 valence electrons. The molecule has 8 nitrogen and oxygen atoms in total. The standard InChI is InChI=1S/C22H32N4O4/c27-16-10-20(12-23-16)4-2-8-25(14-20)18(29)22(6-1-7-22)19(30)26-9-3-5-21(15-26)11-17(28)24-13-21/h1-15H2,(H,23,27)(H,24,28). The van der Waals surface area contributed by atoms with Crippen LogP contribution in [0.3, 0.4) is 0 Å². The monoisotopic (exact) mass is 416 g/mol. The largest absolute Gasteiger partial charge is 0.355 e. The first kappa shape index (κ1) is 19.8. The van der Waals surface area contributed by atoms with Crippen molar-refractivity contribution >= 4 is 23.6 Å². The second kappa shape index (κ2) is 6.95. The van der Waals surface area contributed by atoms with E-state index < -0.39 is 5.41 Å². The highest BCUT2D eigenvalue weighted by atomic mass is 16.2. The van der Waals surface area contributed by atoms with Gasteiger partial charge in [-0.1, -0.05) is 6.42 Å². The topological polar surface area (TPSA) is 98.8 Å². The molecule has 5 rings (SSSR count). The third-order valence-corrected chi connectivity index (χ3v) is 8.32. The molecule has 30 heavy (non-hydrogen) atoms. The van der Waals surface area contributed by atoms with Gasteiger partial charge in [-0.3, -0.25) is 19.2 Å². The highest BCUT2D eigenvalue weighted by Crippen LogP contribution is 2.47. The minimum Gasteiger partial charge on any atom is -0.355 e. The third kappa shape index (κ3) is 3.10. The first-order chi connectivity index (χ1) is 14.4. The van der Waals surface area contributed by atoms with Gasteiger partial charge in [0.15, 0.2) is 0 Å². The van der Waals surface area contributed by atoms with Gasteiger partial charge in [0.05, 0.1) is 0 Å². The van der Waals surface area contributed by atoms with E-state index in [1.807, 2.05) is 9.80 Å². The Morgan fingerprint density at radius 1 is 0.700 bits per heavy atom. The molecule has 2 atom stereocenters. The van der Waals surface area contributed by atoms with Crippen LogP contribution >= 0.6 is 0 Å². The number of rotatable bonds is 2. The van der Waals surface area contributed by atoms with E-state index in [-0.39, 0.29) is 34.5 Å². The van der Waals surface area contributed by atoms with Crippen LogP contribution in [0.1, 0.15) is 57.8 Å². The molecule has 5 fully saturated rings. The van der Waals surface area contributed by atoms with E-state index in [0.29, 0.717) is 65.0 Å². The van der Waals surface area contributed by atoms with Crippen LogP contribution in [0.25, 0.3) is 0 Å². The first-order valence-electron chi connectivity index (χ1n) is 11.5. The molecular weight excluding hydrogens is 384 g/mol. The molecule has 2 spiro atoms. The van der Waals surface area contributed by atoms with Crippen LogP contribution in [0.15, 0.2) is 0 Å². The number of carbonyl (C=O) groups is 4. The lowest BCUT2D eigenvalue weighted by Crippen LogP contribution is -2.61. The predicted octanol–water partition coefficient (Wildman–Crippen LogP) is 0.414. The van der Waals surface area contributed by atoms with E-state index in [2.05, 4.69) is 10.6 Å². The maximum atomic E-state index is 13.7. The molecule has 4 heterocycles. The molecule has 0 aromatic rings.